The highest BCUT2D eigenvalue weighted by Crippen LogP contribution is 2.17. The van der Waals surface area contributed by atoms with Gasteiger partial charge in [0.2, 0.25) is 5.91 Å². The monoisotopic (exact) mass is 395 g/mol. The third kappa shape index (κ3) is 5.43. The molecule has 2 aromatic carbocycles. The largest absolute Gasteiger partial charge is 0.352 e. The van der Waals surface area contributed by atoms with Gasteiger partial charge in [0.05, 0.1) is 17.0 Å². The van der Waals surface area contributed by atoms with E-state index in [1.807, 2.05) is 37.4 Å². The van der Waals surface area contributed by atoms with E-state index in [4.69, 9.17) is 0 Å². The first-order valence-corrected chi connectivity index (χ1v) is 9.80. The summed E-state index contributed by atoms with van der Waals surface area (Å²) in [6.07, 6.45) is 2.32. The number of carbonyl (C=O) groups excluding carboxylic acids is 2. The maximum atomic E-state index is 12.5. The Balaban J connectivity index is 1.55. The minimum atomic E-state index is -0.215. The number of carbonyl (C=O) groups is 2. The normalized spacial score (nSPS) is 10.5. The van der Waals surface area contributed by atoms with Crippen molar-refractivity contribution < 1.29 is 9.59 Å². The van der Waals surface area contributed by atoms with Gasteiger partial charge in [-0.3, -0.25) is 9.59 Å². The Morgan fingerprint density at radius 2 is 1.82 bits per heavy atom. The van der Waals surface area contributed by atoms with E-state index in [2.05, 4.69) is 20.8 Å². The second-order valence-corrected chi connectivity index (χ2v) is 7.04. The molecule has 2 amide bonds. The van der Waals surface area contributed by atoms with Crippen molar-refractivity contribution in [3.05, 3.63) is 72.1 Å². The number of benzene rings is 2. The molecule has 0 fully saturated rings. The van der Waals surface area contributed by atoms with Crippen molar-refractivity contribution in [1.29, 1.82) is 0 Å². The highest BCUT2D eigenvalue weighted by molar-refractivity contribution is 7.99. The van der Waals surface area contributed by atoms with Crippen molar-refractivity contribution in [3.63, 3.8) is 0 Å². The molecular weight excluding hydrogens is 374 g/mol. The van der Waals surface area contributed by atoms with Gasteiger partial charge < -0.3 is 15.2 Å². The molecule has 0 unspecified atom stereocenters. The standard InChI is InChI=1S/C20H21N5O2S/c1-25-14-22-24-20(25)28-13-18(26)23-17-10-6-5-9-16(17)19(27)21-12-11-15-7-3-2-4-8-15/h2-10,14H,11-13H2,1H3,(H,21,27)(H,23,26). The molecule has 1 aromatic heterocycles. The van der Waals surface area contributed by atoms with Crippen molar-refractivity contribution in [2.75, 3.05) is 17.6 Å². The first-order chi connectivity index (χ1) is 13.6. The second-order valence-electron chi connectivity index (χ2n) is 6.10. The van der Waals surface area contributed by atoms with Crippen LogP contribution in [0.5, 0.6) is 0 Å². The van der Waals surface area contributed by atoms with E-state index >= 15 is 0 Å². The number of thioether (sulfide) groups is 1. The van der Waals surface area contributed by atoms with Gasteiger partial charge in [0.15, 0.2) is 5.16 Å². The predicted octanol–water partition coefficient (Wildman–Crippen LogP) is 2.52. The number of aromatic nitrogens is 3. The molecule has 0 aliphatic rings. The summed E-state index contributed by atoms with van der Waals surface area (Å²) in [4.78, 5) is 24.8. The molecule has 7 nitrogen and oxygen atoms in total. The average molecular weight is 395 g/mol. The van der Waals surface area contributed by atoms with Crippen LogP contribution in [-0.2, 0) is 18.3 Å². The average Bonchev–Trinajstić information content (AvgIpc) is 3.12. The number of amides is 2. The van der Waals surface area contributed by atoms with E-state index in [0.29, 0.717) is 23.0 Å². The zero-order valence-corrected chi connectivity index (χ0v) is 16.3. The van der Waals surface area contributed by atoms with Crippen molar-refractivity contribution in [1.82, 2.24) is 20.1 Å². The summed E-state index contributed by atoms with van der Waals surface area (Å²) >= 11 is 1.28. The maximum absolute atomic E-state index is 12.5. The van der Waals surface area contributed by atoms with Crippen molar-refractivity contribution in [3.8, 4) is 0 Å². The Hall–Kier alpha value is -3.13. The van der Waals surface area contributed by atoms with Crippen LogP contribution < -0.4 is 10.6 Å². The van der Waals surface area contributed by atoms with Crippen LogP contribution in [0.2, 0.25) is 0 Å². The zero-order chi connectivity index (χ0) is 19.8. The first kappa shape index (κ1) is 19.6. The van der Waals surface area contributed by atoms with Crippen LogP contribution in [0.15, 0.2) is 66.1 Å². The summed E-state index contributed by atoms with van der Waals surface area (Å²) < 4.78 is 1.74. The molecule has 0 atom stereocenters. The van der Waals surface area contributed by atoms with Crippen molar-refractivity contribution in [2.45, 2.75) is 11.6 Å². The van der Waals surface area contributed by atoms with Gasteiger partial charge in [-0.15, -0.1) is 10.2 Å². The maximum Gasteiger partial charge on any atom is 0.253 e. The summed E-state index contributed by atoms with van der Waals surface area (Å²) in [5.74, 6) is -0.249. The number of anilines is 1. The van der Waals surface area contributed by atoms with Gasteiger partial charge in [-0.25, -0.2) is 0 Å². The first-order valence-electron chi connectivity index (χ1n) is 8.81. The molecule has 8 heteroatoms. The SMILES string of the molecule is Cn1cnnc1SCC(=O)Nc1ccccc1C(=O)NCCc1ccccc1. The number of aryl methyl sites for hydroxylation is 1. The highest BCUT2D eigenvalue weighted by Gasteiger charge is 2.13. The molecule has 28 heavy (non-hydrogen) atoms. The van der Waals surface area contributed by atoms with E-state index in [1.165, 1.54) is 11.8 Å². The molecule has 3 rings (SSSR count). The smallest absolute Gasteiger partial charge is 0.253 e. The third-order valence-corrected chi connectivity index (χ3v) is 5.02. The summed E-state index contributed by atoms with van der Waals surface area (Å²) in [5, 5.41) is 14.1. The third-order valence-electron chi connectivity index (χ3n) is 3.99. The van der Waals surface area contributed by atoms with Crippen LogP contribution in [0.3, 0.4) is 0 Å². The van der Waals surface area contributed by atoms with Crippen LogP contribution in [0.4, 0.5) is 5.69 Å². The molecule has 2 N–H and O–H groups in total. The fourth-order valence-corrected chi connectivity index (χ4v) is 3.26. The number of rotatable bonds is 8. The number of para-hydroxylation sites is 1. The van der Waals surface area contributed by atoms with Gasteiger partial charge in [-0.05, 0) is 24.1 Å². The highest BCUT2D eigenvalue weighted by atomic mass is 32.2. The zero-order valence-electron chi connectivity index (χ0n) is 15.5. The number of hydrogen-bond donors (Lipinski definition) is 2. The van der Waals surface area contributed by atoms with Crippen LogP contribution in [0.25, 0.3) is 0 Å². The lowest BCUT2D eigenvalue weighted by Gasteiger charge is -2.11. The number of nitrogens with zero attached hydrogens (tertiary/aromatic N) is 3. The van der Waals surface area contributed by atoms with Crippen LogP contribution >= 0.6 is 11.8 Å². The topological polar surface area (TPSA) is 88.9 Å². The Kier molecular flexibility index (Phi) is 6.80. The summed E-state index contributed by atoms with van der Waals surface area (Å²) in [6, 6.07) is 16.9. The fourth-order valence-electron chi connectivity index (χ4n) is 2.57. The van der Waals surface area contributed by atoms with E-state index < -0.39 is 0 Å². The minimum absolute atomic E-state index is 0.177. The lowest BCUT2D eigenvalue weighted by molar-refractivity contribution is -0.113. The van der Waals surface area contributed by atoms with Crippen molar-refractivity contribution >= 4 is 29.3 Å². The second kappa shape index (κ2) is 9.70. The van der Waals surface area contributed by atoms with E-state index in [9.17, 15) is 9.59 Å². The Labute approximate surface area is 167 Å². The molecule has 0 saturated heterocycles. The Bertz CT molecular complexity index is 943. The Morgan fingerprint density at radius 1 is 1.07 bits per heavy atom. The van der Waals surface area contributed by atoms with Gasteiger partial charge in [-0.2, -0.15) is 0 Å². The molecule has 0 saturated carbocycles. The molecule has 3 aromatic rings. The molecule has 0 aliphatic heterocycles. The summed E-state index contributed by atoms with van der Waals surface area (Å²) in [7, 11) is 1.81. The quantitative estimate of drug-likeness (QED) is 0.572. The lowest BCUT2D eigenvalue weighted by Crippen LogP contribution is -2.27. The fraction of sp³-hybridized carbons (Fsp3) is 0.200. The number of hydrogen-bond acceptors (Lipinski definition) is 5. The molecule has 0 radical (unpaired) electrons. The van der Waals surface area contributed by atoms with Gasteiger partial charge >= 0.3 is 0 Å². The van der Waals surface area contributed by atoms with E-state index in [1.54, 1.807) is 35.2 Å². The van der Waals surface area contributed by atoms with Crippen LogP contribution in [0.1, 0.15) is 15.9 Å². The van der Waals surface area contributed by atoms with E-state index in [-0.39, 0.29) is 17.6 Å². The molecule has 1 heterocycles. The van der Waals surface area contributed by atoms with Gasteiger partial charge in [0, 0.05) is 13.6 Å². The van der Waals surface area contributed by atoms with Gasteiger partial charge in [0.1, 0.15) is 6.33 Å². The number of nitrogens with one attached hydrogen (secondary N) is 2. The van der Waals surface area contributed by atoms with Gasteiger partial charge in [-0.1, -0.05) is 54.2 Å². The molecular formula is C20H21N5O2S. The lowest BCUT2D eigenvalue weighted by atomic mass is 10.1. The molecule has 0 bridgehead atoms. The minimum Gasteiger partial charge on any atom is -0.352 e. The summed E-state index contributed by atoms with van der Waals surface area (Å²) in [5.41, 5.74) is 2.08. The van der Waals surface area contributed by atoms with Crippen LogP contribution in [-0.4, -0.2) is 38.9 Å². The van der Waals surface area contributed by atoms with Crippen molar-refractivity contribution in [2.24, 2.45) is 7.05 Å². The van der Waals surface area contributed by atoms with E-state index in [0.717, 1.165) is 12.0 Å². The summed E-state index contributed by atoms with van der Waals surface area (Å²) in [6.45, 7) is 0.521. The molecule has 0 aliphatic carbocycles. The molecule has 0 spiro atoms. The predicted molar refractivity (Wildman–Crippen MR) is 109 cm³/mol. The van der Waals surface area contributed by atoms with Crippen LogP contribution in [0, 0.1) is 0 Å². The Morgan fingerprint density at radius 3 is 2.57 bits per heavy atom. The molecule has 144 valence electrons. The van der Waals surface area contributed by atoms with Gasteiger partial charge in [0.25, 0.3) is 5.91 Å².